The van der Waals surface area contributed by atoms with Gasteiger partial charge >= 0.3 is 0 Å². The normalized spacial score (nSPS) is 21.0. The minimum atomic E-state index is -0.283. The molecule has 8 heteroatoms. The van der Waals surface area contributed by atoms with E-state index in [0.29, 0.717) is 11.5 Å². The number of hydrogen-bond acceptors (Lipinski definition) is 5. The summed E-state index contributed by atoms with van der Waals surface area (Å²) in [7, 11) is 1.62. The standard InChI is InChI=1S/C22H30N6O2/c1-14-7-6-10-27(13-14)19(20-24-25-26-28(20)22(2,3)4)17-11-15-8-9-16(30-5)12-18(15)23-21(17)29/h8-9,11-12,14,19H,6-7,10,13H2,1-5H3,(H,23,29)/p+1/t14-,19+/m0/s1. The highest BCUT2D eigenvalue weighted by atomic mass is 16.5. The van der Waals surface area contributed by atoms with E-state index in [1.807, 2.05) is 28.9 Å². The smallest absolute Gasteiger partial charge is 0.258 e. The van der Waals surface area contributed by atoms with Crippen molar-refractivity contribution in [1.82, 2.24) is 25.2 Å². The van der Waals surface area contributed by atoms with Gasteiger partial charge < -0.3 is 14.6 Å². The molecule has 0 amide bonds. The summed E-state index contributed by atoms with van der Waals surface area (Å²) >= 11 is 0. The Morgan fingerprint density at radius 2 is 2.10 bits per heavy atom. The van der Waals surface area contributed by atoms with Crippen molar-refractivity contribution >= 4 is 10.9 Å². The molecule has 0 spiro atoms. The maximum atomic E-state index is 13.3. The van der Waals surface area contributed by atoms with Crippen LogP contribution in [0, 0.1) is 5.92 Å². The highest BCUT2D eigenvalue weighted by Crippen LogP contribution is 2.25. The number of rotatable bonds is 4. The van der Waals surface area contributed by atoms with Gasteiger partial charge in [-0.1, -0.05) is 6.92 Å². The zero-order valence-electron chi connectivity index (χ0n) is 18.4. The molecule has 3 atom stereocenters. The highest BCUT2D eigenvalue weighted by molar-refractivity contribution is 5.80. The average molecular weight is 412 g/mol. The van der Waals surface area contributed by atoms with E-state index < -0.39 is 0 Å². The molecule has 0 radical (unpaired) electrons. The van der Waals surface area contributed by atoms with E-state index in [9.17, 15) is 4.79 Å². The van der Waals surface area contributed by atoms with Gasteiger partial charge in [0.1, 0.15) is 5.75 Å². The molecule has 0 saturated carbocycles. The van der Waals surface area contributed by atoms with Crippen LogP contribution in [0.15, 0.2) is 29.1 Å². The van der Waals surface area contributed by atoms with E-state index in [1.165, 1.54) is 11.3 Å². The number of aromatic nitrogens is 5. The lowest BCUT2D eigenvalue weighted by Gasteiger charge is -2.34. The number of pyridine rings is 1. The summed E-state index contributed by atoms with van der Waals surface area (Å²) in [6.07, 6.45) is 2.35. The van der Waals surface area contributed by atoms with Gasteiger partial charge in [-0.05, 0) is 67.6 Å². The number of hydrogen-bond donors (Lipinski definition) is 2. The second kappa shape index (κ2) is 7.83. The van der Waals surface area contributed by atoms with Crippen molar-refractivity contribution in [1.29, 1.82) is 0 Å². The predicted molar refractivity (Wildman–Crippen MR) is 115 cm³/mol. The van der Waals surface area contributed by atoms with Gasteiger partial charge in [0.05, 0.1) is 36.8 Å². The molecule has 2 aromatic heterocycles. The maximum Gasteiger partial charge on any atom is 0.258 e. The highest BCUT2D eigenvalue weighted by Gasteiger charge is 2.38. The number of piperidine rings is 1. The van der Waals surface area contributed by atoms with E-state index in [0.717, 1.165) is 42.0 Å². The number of likely N-dealkylation sites (tertiary alicyclic amines) is 1. The lowest BCUT2D eigenvalue weighted by Crippen LogP contribution is -3.14. The van der Waals surface area contributed by atoms with Crippen LogP contribution in [-0.4, -0.2) is 45.4 Å². The zero-order chi connectivity index (χ0) is 21.5. The van der Waals surface area contributed by atoms with Crippen molar-refractivity contribution in [2.45, 2.75) is 52.1 Å². The first-order valence-electron chi connectivity index (χ1n) is 10.6. The molecular weight excluding hydrogens is 380 g/mol. The minimum Gasteiger partial charge on any atom is -0.497 e. The molecule has 1 saturated heterocycles. The Morgan fingerprint density at radius 1 is 1.30 bits per heavy atom. The van der Waals surface area contributed by atoms with E-state index >= 15 is 0 Å². The lowest BCUT2D eigenvalue weighted by atomic mass is 9.95. The van der Waals surface area contributed by atoms with Crippen LogP contribution in [0.1, 0.15) is 58.0 Å². The molecule has 0 aliphatic carbocycles. The number of benzene rings is 1. The Hall–Kier alpha value is -2.74. The van der Waals surface area contributed by atoms with Crippen LogP contribution in [0.25, 0.3) is 10.9 Å². The molecule has 0 bridgehead atoms. The summed E-state index contributed by atoms with van der Waals surface area (Å²) in [5.74, 6) is 2.05. The van der Waals surface area contributed by atoms with Gasteiger partial charge in [-0.15, -0.1) is 5.10 Å². The van der Waals surface area contributed by atoms with Crippen molar-refractivity contribution in [3.63, 3.8) is 0 Å². The summed E-state index contributed by atoms with van der Waals surface area (Å²) < 4.78 is 7.17. The SMILES string of the molecule is COc1ccc2cc([C@H](c3nnnn3C(C)(C)C)[NH+]3CCC[C@H](C)C3)c(=O)[nH]c2c1. The fourth-order valence-electron chi connectivity index (χ4n) is 4.52. The quantitative estimate of drug-likeness (QED) is 0.682. The first-order valence-corrected chi connectivity index (χ1v) is 10.6. The molecule has 3 heterocycles. The third kappa shape index (κ3) is 3.84. The molecule has 3 aromatic rings. The van der Waals surface area contributed by atoms with Crippen molar-refractivity contribution in [3.05, 3.63) is 46.0 Å². The molecular formula is C22H31N6O2+. The lowest BCUT2D eigenvalue weighted by molar-refractivity contribution is -0.934. The molecule has 1 aliphatic rings. The first-order chi connectivity index (χ1) is 14.3. The third-order valence-electron chi connectivity index (χ3n) is 5.99. The molecule has 4 rings (SSSR count). The Morgan fingerprint density at radius 3 is 2.80 bits per heavy atom. The summed E-state index contributed by atoms with van der Waals surface area (Å²) in [5, 5.41) is 13.6. The molecule has 1 unspecified atom stereocenters. The van der Waals surface area contributed by atoms with Crippen molar-refractivity contribution < 1.29 is 9.64 Å². The van der Waals surface area contributed by atoms with Gasteiger partial charge in [0.2, 0.25) is 5.82 Å². The maximum absolute atomic E-state index is 13.3. The number of fused-ring (bicyclic) bond motifs is 1. The van der Waals surface area contributed by atoms with Crippen LogP contribution in [0.5, 0.6) is 5.75 Å². The second-order valence-electron chi connectivity index (χ2n) is 9.42. The number of nitrogens with one attached hydrogen (secondary N) is 2. The van der Waals surface area contributed by atoms with E-state index in [1.54, 1.807) is 7.11 Å². The third-order valence-corrected chi connectivity index (χ3v) is 5.99. The fraction of sp³-hybridized carbons (Fsp3) is 0.545. The number of quaternary nitrogens is 1. The number of nitrogens with zero attached hydrogens (tertiary/aromatic N) is 4. The van der Waals surface area contributed by atoms with E-state index in [-0.39, 0.29) is 17.1 Å². The van der Waals surface area contributed by atoms with Crippen LogP contribution in [0.3, 0.4) is 0 Å². The Labute approximate surface area is 176 Å². The number of H-pyrrole nitrogens is 1. The topological polar surface area (TPSA) is 90.1 Å². The summed E-state index contributed by atoms with van der Waals surface area (Å²) in [4.78, 5) is 17.7. The molecule has 1 aromatic carbocycles. The van der Waals surface area contributed by atoms with Crippen molar-refractivity contribution in [2.24, 2.45) is 5.92 Å². The summed E-state index contributed by atoms with van der Waals surface area (Å²) in [6, 6.07) is 7.51. The van der Waals surface area contributed by atoms with Gasteiger partial charge in [-0.2, -0.15) is 0 Å². The monoisotopic (exact) mass is 411 g/mol. The van der Waals surface area contributed by atoms with Gasteiger partial charge in [0.15, 0.2) is 6.04 Å². The molecule has 160 valence electrons. The van der Waals surface area contributed by atoms with Crippen LogP contribution in [0.4, 0.5) is 0 Å². The Bertz CT molecular complexity index is 1100. The summed E-state index contributed by atoms with van der Waals surface area (Å²) in [6.45, 7) is 10.5. The van der Waals surface area contributed by atoms with Gasteiger partial charge in [0, 0.05) is 12.0 Å². The second-order valence-corrected chi connectivity index (χ2v) is 9.42. The van der Waals surface area contributed by atoms with Gasteiger partial charge in [-0.3, -0.25) is 4.79 Å². The van der Waals surface area contributed by atoms with Crippen LogP contribution < -0.4 is 15.2 Å². The molecule has 30 heavy (non-hydrogen) atoms. The largest absolute Gasteiger partial charge is 0.497 e. The van der Waals surface area contributed by atoms with Gasteiger partial charge in [0.25, 0.3) is 5.56 Å². The first kappa shape index (κ1) is 20.5. The summed E-state index contributed by atoms with van der Waals surface area (Å²) in [5.41, 5.74) is 1.08. The predicted octanol–water partition coefficient (Wildman–Crippen LogP) is 1.68. The van der Waals surface area contributed by atoms with E-state index in [2.05, 4.69) is 48.2 Å². The van der Waals surface area contributed by atoms with Gasteiger partial charge in [-0.25, -0.2) is 4.68 Å². The number of ether oxygens (including phenoxy) is 1. The average Bonchev–Trinajstić information content (AvgIpc) is 3.18. The molecule has 1 aliphatic heterocycles. The van der Waals surface area contributed by atoms with E-state index in [4.69, 9.17) is 4.74 Å². The molecule has 2 N–H and O–H groups in total. The van der Waals surface area contributed by atoms with Crippen LogP contribution in [0.2, 0.25) is 0 Å². The Kier molecular flexibility index (Phi) is 5.36. The van der Waals surface area contributed by atoms with Crippen molar-refractivity contribution in [2.75, 3.05) is 20.2 Å². The fourth-order valence-corrected chi connectivity index (χ4v) is 4.52. The van der Waals surface area contributed by atoms with Crippen LogP contribution in [-0.2, 0) is 5.54 Å². The number of tetrazole rings is 1. The minimum absolute atomic E-state index is 0.102. The molecule has 1 fully saturated rings. The zero-order valence-corrected chi connectivity index (χ0v) is 18.4. The molecule has 8 nitrogen and oxygen atoms in total. The number of methoxy groups -OCH3 is 1. The number of aromatic amines is 1. The Balaban J connectivity index is 1.89. The van der Waals surface area contributed by atoms with Crippen molar-refractivity contribution in [3.8, 4) is 5.75 Å². The van der Waals surface area contributed by atoms with Crippen LogP contribution >= 0.6 is 0 Å².